The van der Waals surface area contributed by atoms with E-state index in [0.29, 0.717) is 42.0 Å². The molecule has 2 aromatic heterocycles. The first-order valence-electron chi connectivity index (χ1n) is 19.0. The fourth-order valence-corrected chi connectivity index (χ4v) is 10.3. The number of ether oxygens (including phenoxy) is 4. The maximum absolute atomic E-state index is 11.9. The second-order valence-electron chi connectivity index (χ2n) is 15.9. The SMILES string of the molecule is O=C1OC(=O)C2CC3C(CCC4C(=O)OC(=O)C43)CC12.O=C1OC(=O)c2c1ccc1c2CC2C(=O)OC(=O)C2C1.O=c1oc(=O)c2cc3c(ccc4c(=O)oc(=O)c43)cc12. The van der Waals surface area contributed by atoms with Crippen LogP contribution in [0.15, 0.2) is 64.4 Å². The minimum absolute atomic E-state index is 0.0348. The van der Waals surface area contributed by atoms with Crippen LogP contribution in [0.4, 0.5) is 0 Å². The number of fused-ring (bicyclic) bond motifs is 12. The van der Waals surface area contributed by atoms with E-state index in [2.05, 4.69) is 18.3 Å². The van der Waals surface area contributed by atoms with Gasteiger partial charge in [0.15, 0.2) is 0 Å². The van der Waals surface area contributed by atoms with Gasteiger partial charge in [0.1, 0.15) is 0 Å². The van der Waals surface area contributed by atoms with Crippen molar-refractivity contribution < 1.29 is 66.1 Å². The number of cyclic esters (lactones) is 8. The third-order valence-corrected chi connectivity index (χ3v) is 13.1. The summed E-state index contributed by atoms with van der Waals surface area (Å²) in [4.78, 5) is 140. The molecule has 0 amide bonds. The van der Waals surface area contributed by atoms with Gasteiger partial charge in [0.2, 0.25) is 0 Å². The molecule has 8 unspecified atom stereocenters. The monoisotopic (exact) mass is 818 g/mol. The molecule has 0 radical (unpaired) electrons. The van der Waals surface area contributed by atoms with Gasteiger partial charge < -0.3 is 27.8 Å². The van der Waals surface area contributed by atoms with Crippen molar-refractivity contribution in [1.82, 2.24) is 0 Å². The molecule has 3 aromatic carbocycles. The van der Waals surface area contributed by atoms with Crippen LogP contribution in [-0.2, 0) is 60.6 Å². The van der Waals surface area contributed by atoms with E-state index in [9.17, 15) is 57.5 Å². The maximum atomic E-state index is 11.9. The lowest BCUT2D eigenvalue weighted by atomic mass is 9.58. The third-order valence-electron chi connectivity index (χ3n) is 13.1. The van der Waals surface area contributed by atoms with Gasteiger partial charge in [-0.3, -0.25) is 28.8 Å². The molecule has 8 atom stereocenters. The average molecular weight is 819 g/mol. The highest BCUT2D eigenvalue weighted by Gasteiger charge is 2.59. The molecule has 18 heteroatoms. The zero-order valence-electron chi connectivity index (χ0n) is 30.7. The van der Waals surface area contributed by atoms with Crippen molar-refractivity contribution in [2.75, 3.05) is 0 Å². The Balaban J connectivity index is 0.000000108. The molecule has 3 saturated heterocycles. The van der Waals surface area contributed by atoms with E-state index in [-0.39, 0.29) is 62.8 Å². The zero-order chi connectivity index (χ0) is 42.0. The van der Waals surface area contributed by atoms with Gasteiger partial charge in [0, 0.05) is 0 Å². The summed E-state index contributed by atoms with van der Waals surface area (Å²) in [5, 5.41) is 1.45. The van der Waals surface area contributed by atoms with Crippen molar-refractivity contribution in [3.8, 4) is 0 Å². The number of furan rings is 2. The number of esters is 8. The number of carbonyl (C=O) groups excluding carboxylic acids is 8. The first kappa shape index (κ1) is 37.1. The molecule has 0 bridgehead atoms. The van der Waals surface area contributed by atoms with Crippen molar-refractivity contribution in [2.24, 2.45) is 47.3 Å². The van der Waals surface area contributed by atoms with Gasteiger partial charge in [-0.25, -0.2) is 28.8 Å². The summed E-state index contributed by atoms with van der Waals surface area (Å²) in [6.45, 7) is 0. The van der Waals surface area contributed by atoms with Gasteiger partial charge in [-0.15, -0.1) is 0 Å². The van der Waals surface area contributed by atoms with E-state index in [0.717, 1.165) is 12.0 Å². The van der Waals surface area contributed by atoms with Crippen LogP contribution in [-0.4, -0.2) is 47.8 Å². The van der Waals surface area contributed by atoms with E-state index >= 15 is 0 Å². The number of rotatable bonds is 0. The molecule has 18 nitrogen and oxygen atoms in total. The Labute approximate surface area is 332 Å². The van der Waals surface area contributed by atoms with E-state index in [1.165, 1.54) is 24.3 Å². The Hall–Kier alpha value is -7.24. The fraction of sp³-hybridized carbons (Fsp3) is 0.333. The number of carbonyl (C=O) groups is 8. The lowest BCUT2D eigenvalue weighted by molar-refractivity contribution is -0.156. The molecule has 5 fully saturated rings. The highest BCUT2D eigenvalue weighted by Crippen LogP contribution is 2.54. The van der Waals surface area contributed by atoms with Crippen molar-refractivity contribution in [3.05, 3.63) is 100 Å². The topological polar surface area (TPSA) is 268 Å². The van der Waals surface area contributed by atoms with Crippen LogP contribution in [0.25, 0.3) is 32.3 Å². The van der Waals surface area contributed by atoms with Gasteiger partial charge in [0.05, 0.1) is 68.2 Å². The van der Waals surface area contributed by atoms with Gasteiger partial charge in [-0.1, -0.05) is 12.1 Å². The van der Waals surface area contributed by atoms with E-state index in [1.54, 1.807) is 12.1 Å². The van der Waals surface area contributed by atoms with Crippen LogP contribution in [0.2, 0.25) is 0 Å². The van der Waals surface area contributed by atoms with Crippen molar-refractivity contribution >= 4 is 80.1 Å². The first-order chi connectivity index (χ1) is 28.7. The molecule has 0 spiro atoms. The Bertz CT molecular complexity index is 3090. The largest absolute Gasteiger partial charge is 0.393 e. The van der Waals surface area contributed by atoms with Crippen LogP contribution < -0.4 is 22.5 Å². The highest BCUT2D eigenvalue weighted by atomic mass is 16.6. The molecule has 2 saturated carbocycles. The van der Waals surface area contributed by atoms with Crippen molar-refractivity contribution in [1.29, 1.82) is 0 Å². The quantitative estimate of drug-likeness (QED) is 0.122. The average Bonchev–Trinajstić information content (AvgIpc) is 4.01. The molecular weight excluding hydrogens is 792 g/mol. The normalized spacial score (nSPS) is 28.3. The molecule has 302 valence electrons. The third kappa shape index (κ3) is 5.46. The molecule has 12 rings (SSSR count). The molecular formula is C42H26O18. The smallest absolute Gasteiger partial charge is 0.347 e. The first-order valence-corrected chi connectivity index (χ1v) is 19.0. The van der Waals surface area contributed by atoms with E-state index in [1.807, 2.05) is 0 Å². The van der Waals surface area contributed by atoms with Crippen LogP contribution in [0.3, 0.4) is 0 Å². The minimum Gasteiger partial charge on any atom is -0.393 e. The summed E-state index contributed by atoms with van der Waals surface area (Å²) >= 11 is 0. The number of hydrogen-bond acceptors (Lipinski definition) is 18. The molecule has 7 aliphatic rings. The number of hydrogen-bond donors (Lipinski definition) is 0. The van der Waals surface area contributed by atoms with Crippen molar-refractivity contribution in [2.45, 2.75) is 38.5 Å². The van der Waals surface area contributed by atoms with Gasteiger partial charge in [-0.05, 0) is 96.5 Å². The number of benzene rings is 3. The lowest BCUT2D eigenvalue weighted by Crippen LogP contribution is -2.43. The van der Waals surface area contributed by atoms with Gasteiger partial charge in [0.25, 0.3) is 0 Å². The zero-order valence-corrected chi connectivity index (χ0v) is 30.7. The second-order valence-corrected chi connectivity index (χ2v) is 15.9. The van der Waals surface area contributed by atoms with Crippen LogP contribution in [0, 0.1) is 47.3 Å². The Morgan fingerprint density at radius 1 is 0.467 bits per heavy atom. The van der Waals surface area contributed by atoms with E-state index < -0.39 is 93.9 Å². The fourth-order valence-electron chi connectivity index (χ4n) is 10.3. The molecule has 3 aliphatic carbocycles. The predicted molar refractivity (Wildman–Crippen MR) is 194 cm³/mol. The van der Waals surface area contributed by atoms with Crippen LogP contribution in [0.5, 0.6) is 0 Å². The molecule has 60 heavy (non-hydrogen) atoms. The Morgan fingerprint density at radius 3 is 1.80 bits per heavy atom. The van der Waals surface area contributed by atoms with Crippen LogP contribution in [0.1, 0.15) is 57.5 Å². The van der Waals surface area contributed by atoms with Crippen LogP contribution >= 0.6 is 0 Å². The van der Waals surface area contributed by atoms with Gasteiger partial charge >= 0.3 is 70.3 Å². The molecule has 5 aromatic rings. The molecule has 4 aliphatic heterocycles. The van der Waals surface area contributed by atoms with E-state index in [4.69, 9.17) is 9.47 Å². The highest BCUT2D eigenvalue weighted by molar-refractivity contribution is 6.16. The Kier molecular flexibility index (Phi) is 8.11. The Morgan fingerprint density at radius 2 is 1.07 bits per heavy atom. The molecule has 0 N–H and O–H groups in total. The summed E-state index contributed by atoms with van der Waals surface area (Å²) in [6, 6.07) is 9.14. The lowest BCUT2D eigenvalue weighted by Gasteiger charge is -2.42. The summed E-state index contributed by atoms with van der Waals surface area (Å²) in [5.41, 5.74) is -1.06. The predicted octanol–water partition coefficient (Wildman–Crippen LogP) is 1.50. The summed E-state index contributed by atoms with van der Waals surface area (Å²) in [6.07, 6.45) is 3.07. The summed E-state index contributed by atoms with van der Waals surface area (Å²) in [5.74, 6) is -6.64. The summed E-state index contributed by atoms with van der Waals surface area (Å²) < 4.78 is 27.8. The second kappa shape index (κ2) is 13.1. The molecule has 6 heterocycles. The van der Waals surface area contributed by atoms with Gasteiger partial charge in [-0.2, -0.15) is 0 Å². The maximum Gasteiger partial charge on any atom is 0.347 e. The minimum atomic E-state index is -0.762. The summed E-state index contributed by atoms with van der Waals surface area (Å²) in [7, 11) is 0. The van der Waals surface area contributed by atoms with Crippen molar-refractivity contribution in [3.63, 3.8) is 0 Å². The standard InChI is InChI=1S/C14H14O6.C14H8O6.C14H4O6/c3*15-11-6-2-1-5-3-8-9(13(17)19-12(8)16)4-7(5)10(6)14(18)20-11/h5-10H,1-4H2;1-2,8-9H,3-4H2;1-4H.